The summed E-state index contributed by atoms with van der Waals surface area (Å²) in [6, 6.07) is 0. The van der Waals surface area contributed by atoms with Crippen LogP contribution in [0.1, 0.15) is 16.7 Å². The number of rotatable bonds is 1. The Labute approximate surface area is 79.3 Å². The third-order valence-corrected chi connectivity index (χ3v) is 2.25. The fraction of sp³-hybridized carbons (Fsp3) is 0.333. The van der Waals surface area contributed by atoms with Crippen LogP contribution in [-0.4, -0.2) is 0 Å². The van der Waals surface area contributed by atoms with Gasteiger partial charge in [-0.15, -0.1) is 11.6 Å². The molecule has 0 N–H and O–H groups in total. The Bertz CT molecular complexity index is 318. The molecule has 0 radical (unpaired) electrons. The third kappa shape index (κ3) is 1.53. The number of benzene rings is 1. The summed E-state index contributed by atoms with van der Waals surface area (Å²) < 4.78 is 39.3. The van der Waals surface area contributed by atoms with E-state index < -0.39 is 17.5 Å². The number of hydrogen-bond donors (Lipinski definition) is 0. The van der Waals surface area contributed by atoms with E-state index in [0.29, 0.717) is 0 Å². The average Bonchev–Trinajstić information content (AvgIpc) is 2.13. The Kier molecular flexibility index (Phi) is 2.86. The van der Waals surface area contributed by atoms with E-state index in [0.717, 1.165) is 0 Å². The molecule has 0 aromatic heterocycles. The zero-order chi connectivity index (χ0) is 10.2. The van der Waals surface area contributed by atoms with Gasteiger partial charge < -0.3 is 0 Å². The SMILES string of the molecule is Cc1c(F)c(C)c(F)c(CCl)c1F. The van der Waals surface area contributed by atoms with Gasteiger partial charge in [0.05, 0.1) is 5.88 Å². The Balaban J connectivity index is 3.56. The van der Waals surface area contributed by atoms with Gasteiger partial charge in [-0.1, -0.05) is 0 Å². The molecule has 4 heteroatoms. The van der Waals surface area contributed by atoms with Crippen molar-refractivity contribution in [1.82, 2.24) is 0 Å². The second kappa shape index (κ2) is 3.58. The van der Waals surface area contributed by atoms with E-state index in [4.69, 9.17) is 11.6 Å². The summed E-state index contributed by atoms with van der Waals surface area (Å²) in [6.07, 6.45) is 0. The molecule has 0 unspecified atom stereocenters. The van der Waals surface area contributed by atoms with E-state index in [1.165, 1.54) is 13.8 Å². The molecule has 0 spiro atoms. The number of alkyl halides is 1. The Morgan fingerprint density at radius 1 is 0.923 bits per heavy atom. The van der Waals surface area contributed by atoms with Gasteiger partial charge in [-0.25, -0.2) is 13.2 Å². The highest BCUT2D eigenvalue weighted by Gasteiger charge is 2.18. The third-order valence-electron chi connectivity index (χ3n) is 1.98. The van der Waals surface area contributed by atoms with Gasteiger partial charge in [-0.3, -0.25) is 0 Å². The Morgan fingerprint density at radius 3 is 1.62 bits per heavy atom. The summed E-state index contributed by atoms with van der Waals surface area (Å²) in [6.45, 7) is 2.51. The smallest absolute Gasteiger partial charge is 0.136 e. The summed E-state index contributed by atoms with van der Waals surface area (Å²) in [4.78, 5) is 0. The van der Waals surface area contributed by atoms with Crippen LogP contribution in [0.3, 0.4) is 0 Å². The summed E-state index contributed by atoms with van der Waals surface area (Å²) in [5.74, 6) is -2.92. The van der Waals surface area contributed by atoms with Gasteiger partial charge in [0.25, 0.3) is 0 Å². The molecule has 0 amide bonds. The topological polar surface area (TPSA) is 0 Å². The molecule has 0 fully saturated rings. The zero-order valence-corrected chi connectivity index (χ0v) is 7.97. The highest BCUT2D eigenvalue weighted by atomic mass is 35.5. The molecule has 0 atom stereocenters. The maximum atomic E-state index is 13.1. The second-order valence-electron chi connectivity index (χ2n) is 2.80. The average molecular weight is 209 g/mol. The van der Waals surface area contributed by atoms with Crippen molar-refractivity contribution in [2.24, 2.45) is 0 Å². The molecular formula is C9H8ClF3. The molecule has 0 saturated carbocycles. The minimum Gasteiger partial charge on any atom is -0.206 e. The van der Waals surface area contributed by atoms with Crippen LogP contribution >= 0.6 is 11.6 Å². The van der Waals surface area contributed by atoms with Gasteiger partial charge in [-0.2, -0.15) is 0 Å². The molecule has 1 aromatic carbocycles. The lowest BCUT2D eigenvalue weighted by Gasteiger charge is -2.08. The van der Waals surface area contributed by atoms with Crippen molar-refractivity contribution in [3.63, 3.8) is 0 Å². The molecular weight excluding hydrogens is 201 g/mol. The molecule has 1 rings (SSSR count). The van der Waals surface area contributed by atoms with Crippen LogP contribution in [0.15, 0.2) is 0 Å². The van der Waals surface area contributed by atoms with E-state index in [1.807, 2.05) is 0 Å². The maximum absolute atomic E-state index is 13.1. The highest BCUT2D eigenvalue weighted by Crippen LogP contribution is 2.24. The monoisotopic (exact) mass is 208 g/mol. The van der Waals surface area contributed by atoms with Crippen molar-refractivity contribution < 1.29 is 13.2 Å². The van der Waals surface area contributed by atoms with Crippen molar-refractivity contribution in [3.8, 4) is 0 Å². The summed E-state index contributed by atoms with van der Waals surface area (Å²) in [5.41, 5.74) is -0.637. The molecule has 0 aliphatic heterocycles. The van der Waals surface area contributed by atoms with Crippen LogP contribution in [0, 0.1) is 31.3 Å². The second-order valence-corrected chi connectivity index (χ2v) is 3.07. The molecule has 0 nitrogen and oxygen atoms in total. The predicted molar refractivity (Wildman–Crippen MR) is 45.3 cm³/mol. The molecule has 0 saturated heterocycles. The van der Waals surface area contributed by atoms with Crippen LogP contribution in [0.5, 0.6) is 0 Å². The van der Waals surface area contributed by atoms with Gasteiger partial charge in [0.2, 0.25) is 0 Å². The fourth-order valence-electron chi connectivity index (χ4n) is 1.14. The van der Waals surface area contributed by atoms with Crippen LogP contribution in [0.2, 0.25) is 0 Å². The summed E-state index contributed by atoms with van der Waals surface area (Å²) >= 11 is 5.33. The van der Waals surface area contributed by atoms with Gasteiger partial charge in [0.1, 0.15) is 17.5 Å². The van der Waals surface area contributed by atoms with Crippen molar-refractivity contribution in [1.29, 1.82) is 0 Å². The van der Waals surface area contributed by atoms with E-state index >= 15 is 0 Å². The van der Waals surface area contributed by atoms with Crippen molar-refractivity contribution in [2.45, 2.75) is 19.7 Å². The summed E-state index contributed by atoms with van der Waals surface area (Å²) in [7, 11) is 0. The van der Waals surface area contributed by atoms with Crippen LogP contribution in [0.4, 0.5) is 13.2 Å². The Morgan fingerprint density at radius 2 is 1.31 bits per heavy atom. The summed E-state index contributed by atoms with van der Waals surface area (Å²) in [5, 5.41) is 0. The van der Waals surface area contributed by atoms with Crippen LogP contribution in [-0.2, 0) is 5.88 Å². The zero-order valence-electron chi connectivity index (χ0n) is 7.22. The lowest BCUT2D eigenvalue weighted by molar-refractivity contribution is 0.510. The minimum absolute atomic E-state index is 0.186. The molecule has 0 heterocycles. The standard InChI is InChI=1S/C9H8ClF3/c1-4-7(11)5(2)9(13)6(3-10)8(4)12/h3H2,1-2H3. The van der Waals surface area contributed by atoms with Gasteiger partial charge in [-0.05, 0) is 13.8 Å². The highest BCUT2D eigenvalue weighted by molar-refractivity contribution is 6.17. The van der Waals surface area contributed by atoms with Crippen molar-refractivity contribution >= 4 is 11.6 Å². The maximum Gasteiger partial charge on any atom is 0.136 e. The van der Waals surface area contributed by atoms with Crippen LogP contribution < -0.4 is 0 Å². The molecule has 0 aliphatic rings. The van der Waals surface area contributed by atoms with Gasteiger partial charge in [0, 0.05) is 16.7 Å². The first-order valence-corrected chi connectivity index (χ1v) is 4.22. The lowest BCUT2D eigenvalue weighted by Crippen LogP contribution is -2.03. The van der Waals surface area contributed by atoms with E-state index in [-0.39, 0.29) is 22.6 Å². The van der Waals surface area contributed by atoms with Gasteiger partial charge >= 0.3 is 0 Å². The first kappa shape index (κ1) is 10.4. The molecule has 0 aliphatic carbocycles. The minimum atomic E-state index is -0.893. The molecule has 72 valence electrons. The number of hydrogen-bond acceptors (Lipinski definition) is 0. The van der Waals surface area contributed by atoms with Crippen molar-refractivity contribution in [2.75, 3.05) is 0 Å². The van der Waals surface area contributed by atoms with E-state index in [1.54, 1.807) is 0 Å². The molecule has 13 heavy (non-hydrogen) atoms. The predicted octanol–water partition coefficient (Wildman–Crippen LogP) is 3.46. The largest absolute Gasteiger partial charge is 0.206 e. The number of halogens is 4. The van der Waals surface area contributed by atoms with E-state index in [2.05, 4.69) is 0 Å². The van der Waals surface area contributed by atoms with Crippen LogP contribution in [0.25, 0.3) is 0 Å². The Hall–Kier alpha value is -0.700. The van der Waals surface area contributed by atoms with Gasteiger partial charge in [0.15, 0.2) is 0 Å². The molecule has 1 aromatic rings. The first-order valence-electron chi connectivity index (χ1n) is 3.69. The van der Waals surface area contributed by atoms with E-state index in [9.17, 15) is 13.2 Å². The quantitative estimate of drug-likeness (QED) is 0.620. The first-order chi connectivity index (χ1) is 6.00. The molecule has 0 bridgehead atoms. The fourth-order valence-corrected chi connectivity index (χ4v) is 1.37. The lowest BCUT2D eigenvalue weighted by atomic mass is 10.1. The van der Waals surface area contributed by atoms with Crippen molar-refractivity contribution in [3.05, 3.63) is 34.1 Å². The normalized spacial score (nSPS) is 10.6.